The number of halogens is 3. The van der Waals surface area contributed by atoms with Crippen molar-refractivity contribution in [2.24, 2.45) is 0 Å². The van der Waals surface area contributed by atoms with Crippen LogP contribution in [0.2, 0.25) is 0 Å². The molecule has 0 spiro atoms. The third kappa shape index (κ3) is 6.28. The highest BCUT2D eigenvalue weighted by Crippen LogP contribution is 2.35. The average molecular weight is 392 g/mol. The van der Waals surface area contributed by atoms with Crippen LogP contribution in [0.3, 0.4) is 0 Å². The fourth-order valence-electron chi connectivity index (χ4n) is 2.38. The van der Waals surface area contributed by atoms with Gasteiger partial charge in [0.1, 0.15) is 12.4 Å². The molecule has 0 aliphatic carbocycles. The van der Waals surface area contributed by atoms with Crippen molar-refractivity contribution >= 4 is 11.6 Å². The fraction of sp³-hybridized carbons (Fsp3) is 0.300. The van der Waals surface area contributed by atoms with Crippen molar-refractivity contribution in [2.45, 2.75) is 19.0 Å². The number of nitrogens with one attached hydrogen (secondary N) is 1. The highest BCUT2D eigenvalue weighted by Gasteiger charge is 2.31. The van der Waals surface area contributed by atoms with Crippen LogP contribution in [0.15, 0.2) is 42.5 Å². The average Bonchev–Trinajstić information content (AvgIpc) is 2.67. The van der Waals surface area contributed by atoms with Crippen LogP contribution in [0, 0.1) is 11.3 Å². The Hall–Kier alpha value is -3.05. The summed E-state index contributed by atoms with van der Waals surface area (Å²) in [4.78, 5) is 12.2. The summed E-state index contributed by atoms with van der Waals surface area (Å²) in [5.41, 5.74) is 0.425. The lowest BCUT2D eigenvalue weighted by molar-refractivity contribution is -0.137. The number of ether oxygens (including phenoxy) is 2. The molecular weight excluding hydrogens is 373 g/mol. The molecule has 0 atom stereocenters. The van der Waals surface area contributed by atoms with Crippen LogP contribution in [0.4, 0.5) is 18.9 Å². The first kappa shape index (κ1) is 21.3. The molecule has 0 saturated heterocycles. The molecule has 28 heavy (non-hydrogen) atoms. The SMILES string of the molecule is COCCOc1ccc(C(F)(F)F)cc1NC(=O)CCc1ccc(C#N)cc1. The number of methoxy groups -OCH3 is 1. The van der Waals surface area contributed by atoms with E-state index in [2.05, 4.69) is 5.32 Å². The van der Waals surface area contributed by atoms with E-state index in [1.165, 1.54) is 13.2 Å². The fourth-order valence-corrected chi connectivity index (χ4v) is 2.38. The molecule has 8 heteroatoms. The number of carbonyl (C=O) groups excluding carboxylic acids is 1. The summed E-state index contributed by atoms with van der Waals surface area (Å²) in [5.74, 6) is -0.308. The number of amides is 1. The minimum Gasteiger partial charge on any atom is -0.489 e. The quantitative estimate of drug-likeness (QED) is 0.685. The van der Waals surface area contributed by atoms with E-state index in [1.807, 2.05) is 6.07 Å². The first-order valence-corrected chi connectivity index (χ1v) is 8.45. The van der Waals surface area contributed by atoms with Crippen molar-refractivity contribution < 1.29 is 27.4 Å². The number of alkyl halides is 3. The predicted octanol–water partition coefficient (Wildman–Crippen LogP) is 4.17. The summed E-state index contributed by atoms with van der Waals surface area (Å²) in [7, 11) is 1.47. The molecular formula is C20H19F3N2O3. The van der Waals surface area contributed by atoms with E-state index >= 15 is 0 Å². The maximum atomic E-state index is 13.0. The molecule has 0 radical (unpaired) electrons. The Morgan fingerprint density at radius 1 is 1.14 bits per heavy atom. The molecule has 0 aliphatic rings. The number of aryl methyl sites for hydroxylation is 1. The molecule has 0 unspecified atom stereocenters. The second kappa shape index (κ2) is 9.76. The molecule has 0 aliphatic heterocycles. The normalized spacial score (nSPS) is 11.0. The molecule has 1 N–H and O–H groups in total. The van der Waals surface area contributed by atoms with Crippen molar-refractivity contribution in [1.29, 1.82) is 5.26 Å². The van der Waals surface area contributed by atoms with Crippen molar-refractivity contribution in [1.82, 2.24) is 0 Å². The topological polar surface area (TPSA) is 71.3 Å². The lowest BCUT2D eigenvalue weighted by Crippen LogP contribution is -2.15. The number of anilines is 1. The Bertz CT molecular complexity index is 843. The second-order valence-electron chi connectivity index (χ2n) is 5.91. The van der Waals surface area contributed by atoms with E-state index in [0.717, 1.165) is 17.7 Å². The zero-order valence-corrected chi connectivity index (χ0v) is 15.2. The first-order valence-electron chi connectivity index (χ1n) is 8.45. The van der Waals surface area contributed by atoms with Crippen LogP contribution in [-0.2, 0) is 22.1 Å². The zero-order chi connectivity index (χ0) is 20.6. The van der Waals surface area contributed by atoms with E-state index < -0.39 is 17.6 Å². The van der Waals surface area contributed by atoms with E-state index in [0.29, 0.717) is 12.0 Å². The molecule has 0 bridgehead atoms. The van der Waals surface area contributed by atoms with Gasteiger partial charge in [-0.3, -0.25) is 4.79 Å². The minimum atomic E-state index is -4.53. The Morgan fingerprint density at radius 3 is 2.46 bits per heavy atom. The second-order valence-corrected chi connectivity index (χ2v) is 5.91. The molecule has 1 amide bonds. The predicted molar refractivity (Wildman–Crippen MR) is 96.9 cm³/mol. The largest absolute Gasteiger partial charge is 0.489 e. The van der Waals surface area contributed by atoms with Gasteiger partial charge in [0.25, 0.3) is 0 Å². The number of hydrogen-bond acceptors (Lipinski definition) is 4. The summed E-state index contributed by atoms with van der Waals surface area (Å²) in [6.45, 7) is 0.392. The smallest absolute Gasteiger partial charge is 0.416 e. The summed E-state index contributed by atoms with van der Waals surface area (Å²) < 4.78 is 49.2. The molecule has 0 saturated carbocycles. The van der Waals surface area contributed by atoms with Gasteiger partial charge in [0.15, 0.2) is 0 Å². The third-order valence-corrected chi connectivity index (χ3v) is 3.85. The van der Waals surface area contributed by atoms with E-state index in [4.69, 9.17) is 14.7 Å². The number of benzene rings is 2. The molecule has 148 valence electrons. The van der Waals surface area contributed by atoms with Crippen molar-refractivity contribution in [3.05, 3.63) is 59.2 Å². The molecule has 0 aromatic heterocycles. The molecule has 0 heterocycles. The number of carbonyl (C=O) groups is 1. The Balaban J connectivity index is 2.07. The standard InChI is InChI=1S/C20H19F3N2O3/c1-27-10-11-28-18-8-7-16(20(21,22)23)12-17(18)25-19(26)9-6-14-2-4-15(13-24)5-3-14/h2-5,7-8,12H,6,9-11H2,1H3,(H,25,26). The molecule has 2 aromatic rings. The van der Waals surface area contributed by atoms with Crippen molar-refractivity contribution in [2.75, 3.05) is 25.6 Å². The van der Waals surface area contributed by atoms with Gasteiger partial charge in [0, 0.05) is 13.5 Å². The third-order valence-electron chi connectivity index (χ3n) is 3.85. The van der Waals surface area contributed by atoms with E-state index in [-0.39, 0.29) is 31.1 Å². The monoisotopic (exact) mass is 392 g/mol. The Morgan fingerprint density at radius 2 is 1.86 bits per heavy atom. The van der Waals surface area contributed by atoms with Gasteiger partial charge in [-0.05, 0) is 42.3 Å². The van der Waals surface area contributed by atoms with Gasteiger partial charge in [-0.1, -0.05) is 12.1 Å². The van der Waals surface area contributed by atoms with Gasteiger partial charge in [-0.15, -0.1) is 0 Å². The molecule has 0 fully saturated rings. The number of rotatable bonds is 8. The summed E-state index contributed by atoms with van der Waals surface area (Å²) in [6.07, 6.45) is -4.08. The van der Waals surface area contributed by atoms with Crippen LogP contribution >= 0.6 is 0 Å². The highest BCUT2D eigenvalue weighted by atomic mass is 19.4. The van der Waals surface area contributed by atoms with E-state index in [9.17, 15) is 18.0 Å². The maximum Gasteiger partial charge on any atom is 0.416 e. The van der Waals surface area contributed by atoms with Crippen LogP contribution in [0.5, 0.6) is 5.75 Å². The lowest BCUT2D eigenvalue weighted by Gasteiger charge is -2.15. The molecule has 2 aromatic carbocycles. The Labute approximate surface area is 160 Å². The van der Waals surface area contributed by atoms with Gasteiger partial charge >= 0.3 is 6.18 Å². The zero-order valence-electron chi connectivity index (χ0n) is 15.2. The van der Waals surface area contributed by atoms with Gasteiger partial charge in [0.2, 0.25) is 5.91 Å². The van der Waals surface area contributed by atoms with Gasteiger partial charge in [-0.25, -0.2) is 0 Å². The van der Waals surface area contributed by atoms with Crippen LogP contribution in [-0.4, -0.2) is 26.2 Å². The van der Waals surface area contributed by atoms with Crippen LogP contribution in [0.25, 0.3) is 0 Å². The highest BCUT2D eigenvalue weighted by molar-refractivity contribution is 5.92. The van der Waals surface area contributed by atoms with Gasteiger partial charge < -0.3 is 14.8 Å². The number of hydrogen-bond donors (Lipinski definition) is 1. The van der Waals surface area contributed by atoms with Gasteiger partial charge in [0.05, 0.1) is 29.5 Å². The van der Waals surface area contributed by atoms with Gasteiger partial charge in [-0.2, -0.15) is 18.4 Å². The van der Waals surface area contributed by atoms with Crippen molar-refractivity contribution in [3.63, 3.8) is 0 Å². The van der Waals surface area contributed by atoms with Crippen LogP contribution < -0.4 is 10.1 Å². The number of nitrogens with zero attached hydrogens (tertiary/aromatic N) is 1. The lowest BCUT2D eigenvalue weighted by atomic mass is 10.1. The number of nitriles is 1. The Kier molecular flexibility index (Phi) is 7.41. The molecule has 5 nitrogen and oxygen atoms in total. The van der Waals surface area contributed by atoms with Crippen LogP contribution in [0.1, 0.15) is 23.1 Å². The summed E-state index contributed by atoms with van der Waals surface area (Å²) >= 11 is 0. The first-order chi connectivity index (χ1) is 13.3. The maximum absolute atomic E-state index is 13.0. The summed E-state index contributed by atoms with van der Waals surface area (Å²) in [6, 6.07) is 11.7. The minimum absolute atomic E-state index is 0.0456. The molecule has 2 rings (SSSR count). The van der Waals surface area contributed by atoms with Crippen molar-refractivity contribution in [3.8, 4) is 11.8 Å². The van der Waals surface area contributed by atoms with E-state index in [1.54, 1.807) is 24.3 Å². The summed E-state index contributed by atoms with van der Waals surface area (Å²) in [5, 5.41) is 11.3.